The standard InChI is InChI=1S/C26H52N2O6S2/c1-21(29)17-27(18-22(2)30)13-7-5-11-25(33)35-15-9-10-16-36-26(34)12-6-8-14-28(19-23(3)31)20-24(4)32/h21-24,29-32H,5-20H2,1-4H3. The first-order valence-electron chi connectivity index (χ1n) is 13.5. The van der Waals surface area contributed by atoms with Crippen molar-refractivity contribution in [2.75, 3.05) is 50.8 Å². The maximum Gasteiger partial charge on any atom is 0.188 e. The van der Waals surface area contributed by atoms with E-state index in [0.29, 0.717) is 39.0 Å². The lowest BCUT2D eigenvalue weighted by Crippen LogP contribution is -2.37. The van der Waals surface area contributed by atoms with Crippen molar-refractivity contribution in [1.82, 2.24) is 9.80 Å². The Morgan fingerprint density at radius 3 is 1.14 bits per heavy atom. The van der Waals surface area contributed by atoms with Gasteiger partial charge in [0.05, 0.1) is 24.4 Å². The summed E-state index contributed by atoms with van der Waals surface area (Å²) in [7, 11) is 0. The van der Waals surface area contributed by atoms with Crippen molar-refractivity contribution in [3.8, 4) is 0 Å². The van der Waals surface area contributed by atoms with Gasteiger partial charge in [-0.3, -0.25) is 19.4 Å². The highest BCUT2D eigenvalue weighted by Gasteiger charge is 2.13. The quantitative estimate of drug-likeness (QED) is 0.141. The molecular weight excluding hydrogens is 500 g/mol. The van der Waals surface area contributed by atoms with Crippen molar-refractivity contribution >= 4 is 33.8 Å². The van der Waals surface area contributed by atoms with Crippen molar-refractivity contribution in [3.63, 3.8) is 0 Å². The Labute approximate surface area is 227 Å². The minimum absolute atomic E-state index is 0.205. The number of unbranched alkanes of at least 4 members (excludes halogenated alkanes) is 3. The van der Waals surface area contributed by atoms with Gasteiger partial charge in [0, 0.05) is 50.5 Å². The van der Waals surface area contributed by atoms with Gasteiger partial charge in [-0.15, -0.1) is 0 Å². The third-order valence-corrected chi connectivity index (χ3v) is 7.40. The largest absolute Gasteiger partial charge is 0.392 e. The summed E-state index contributed by atoms with van der Waals surface area (Å²) in [6, 6.07) is 0. The van der Waals surface area contributed by atoms with E-state index in [0.717, 1.165) is 63.1 Å². The molecule has 214 valence electrons. The molecule has 0 fully saturated rings. The fraction of sp³-hybridized carbons (Fsp3) is 0.923. The zero-order valence-electron chi connectivity index (χ0n) is 22.9. The molecule has 4 unspecified atom stereocenters. The molecule has 36 heavy (non-hydrogen) atoms. The Morgan fingerprint density at radius 2 is 0.861 bits per heavy atom. The van der Waals surface area contributed by atoms with Gasteiger partial charge in [-0.05, 0) is 79.3 Å². The smallest absolute Gasteiger partial charge is 0.188 e. The van der Waals surface area contributed by atoms with Crippen LogP contribution in [0.4, 0.5) is 0 Å². The maximum atomic E-state index is 12.1. The monoisotopic (exact) mass is 552 g/mol. The average molecular weight is 553 g/mol. The van der Waals surface area contributed by atoms with Crippen LogP contribution < -0.4 is 0 Å². The maximum absolute atomic E-state index is 12.1. The van der Waals surface area contributed by atoms with Gasteiger partial charge in [-0.25, -0.2) is 0 Å². The third kappa shape index (κ3) is 24.2. The van der Waals surface area contributed by atoms with Crippen molar-refractivity contribution in [3.05, 3.63) is 0 Å². The zero-order chi connectivity index (χ0) is 27.3. The van der Waals surface area contributed by atoms with Crippen molar-refractivity contribution in [1.29, 1.82) is 0 Å². The van der Waals surface area contributed by atoms with E-state index in [4.69, 9.17) is 0 Å². The second kappa shape index (κ2) is 22.8. The topological polar surface area (TPSA) is 122 Å². The SMILES string of the molecule is CC(O)CN(CCCCC(=O)SCCCCSC(=O)CCCCN(CC(C)O)CC(C)O)CC(C)O. The number of hydrogen-bond donors (Lipinski definition) is 4. The van der Waals surface area contributed by atoms with E-state index in [9.17, 15) is 30.0 Å². The van der Waals surface area contributed by atoms with Crippen LogP contribution >= 0.6 is 23.5 Å². The highest BCUT2D eigenvalue weighted by molar-refractivity contribution is 8.13. The molecule has 4 atom stereocenters. The summed E-state index contributed by atoms with van der Waals surface area (Å²) >= 11 is 2.75. The summed E-state index contributed by atoms with van der Waals surface area (Å²) in [6.07, 6.45) is 4.52. The van der Waals surface area contributed by atoms with Crippen molar-refractivity contribution < 1.29 is 30.0 Å². The van der Waals surface area contributed by atoms with E-state index in [1.807, 2.05) is 9.80 Å². The van der Waals surface area contributed by atoms with Gasteiger partial charge in [-0.2, -0.15) is 0 Å². The van der Waals surface area contributed by atoms with Gasteiger partial charge < -0.3 is 20.4 Å². The van der Waals surface area contributed by atoms with Crippen LogP contribution in [-0.2, 0) is 9.59 Å². The molecule has 0 aromatic rings. The summed E-state index contributed by atoms with van der Waals surface area (Å²) in [5.41, 5.74) is 0. The number of hydrogen-bond acceptors (Lipinski definition) is 10. The molecule has 0 aliphatic carbocycles. The number of carbonyl (C=O) groups is 2. The lowest BCUT2D eigenvalue weighted by atomic mass is 10.2. The molecule has 0 bridgehead atoms. The molecule has 10 heteroatoms. The highest BCUT2D eigenvalue weighted by atomic mass is 32.2. The van der Waals surface area contributed by atoms with Gasteiger partial charge in [0.1, 0.15) is 0 Å². The molecule has 0 aromatic heterocycles. The lowest BCUT2D eigenvalue weighted by Gasteiger charge is -2.24. The van der Waals surface area contributed by atoms with Crippen LogP contribution in [0.3, 0.4) is 0 Å². The molecule has 0 radical (unpaired) electrons. The Balaban J connectivity index is 3.76. The number of carbonyl (C=O) groups excluding carboxylic acids is 2. The van der Waals surface area contributed by atoms with Crippen LogP contribution in [0.2, 0.25) is 0 Å². The predicted molar refractivity (Wildman–Crippen MR) is 151 cm³/mol. The summed E-state index contributed by atoms with van der Waals surface area (Å²) < 4.78 is 0. The molecule has 0 heterocycles. The van der Waals surface area contributed by atoms with Crippen LogP contribution in [0.25, 0.3) is 0 Å². The molecule has 0 aliphatic rings. The van der Waals surface area contributed by atoms with Gasteiger partial charge in [0.2, 0.25) is 0 Å². The summed E-state index contributed by atoms with van der Waals surface area (Å²) in [6.45, 7) is 10.6. The normalized spacial score (nSPS) is 15.3. The van der Waals surface area contributed by atoms with E-state index in [-0.39, 0.29) is 10.2 Å². The van der Waals surface area contributed by atoms with Gasteiger partial charge >= 0.3 is 0 Å². The number of nitrogens with zero attached hydrogens (tertiary/aromatic N) is 2. The summed E-state index contributed by atoms with van der Waals surface area (Å²) in [5.74, 6) is 1.57. The predicted octanol–water partition coefficient (Wildman–Crippen LogP) is 2.75. The molecule has 0 saturated heterocycles. The second-order valence-electron chi connectivity index (χ2n) is 9.98. The third-order valence-electron chi connectivity index (χ3n) is 5.36. The van der Waals surface area contributed by atoms with Gasteiger partial charge in [-0.1, -0.05) is 23.5 Å². The number of rotatable bonds is 23. The van der Waals surface area contributed by atoms with Crippen molar-refractivity contribution in [2.45, 2.75) is 103 Å². The van der Waals surface area contributed by atoms with Crippen LogP contribution in [0.15, 0.2) is 0 Å². The average Bonchev–Trinajstić information content (AvgIpc) is 2.74. The van der Waals surface area contributed by atoms with Gasteiger partial charge in [0.25, 0.3) is 0 Å². The van der Waals surface area contributed by atoms with Crippen LogP contribution in [0.5, 0.6) is 0 Å². The van der Waals surface area contributed by atoms with Crippen molar-refractivity contribution in [2.24, 2.45) is 0 Å². The Morgan fingerprint density at radius 1 is 0.556 bits per heavy atom. The minimum atomic E-state index is -0.437. The van der Waals surface area contributed by atoms with Gasteiger partial charge in [0.15, 0.2) is 10.2 Å². The number of thioether (sulfide) groups is 2. The number of aliphatic hydroxyl groups excluding tert-OH is 4. The highest BCUT2D eigenvalue weighted by Crippen LogP contribution is 2.15. The molecule has 8 nitrogen and oxygen atoms in total. The fourth-order valence-electron chi connectivity index (χ4n) is 3.94. The van der Waals surface area contributed by atoms with E-state index in [2.05, 4.69) is 0 Å². The Hall–Kier alpha value is -0.200. The molecule has 0 aromatic carbocycles. The summed E-state index contributed by atoms with van der Waals surface area (Å²) in [4.78, 5) is 28.2. The lowest BCUT2D eigenvalue weighted by molar-refractivity contribution is -0.111. The Kier molecular flexibility index (Phi) is 22.6. The van der Waals surface area contributed by atoms with E-state index < -0.39 is 24.4 Å². The van der Waals surface area contributed by atoms with E-state index in [1.54, 1.807) is 27.7 Å². The van der Waals surface area contributed by atoms with Crippen LogP contribution in [-0.4, -0.2) is 116 Å². The first-order chi connectivity index (χ1) is 17.0. The Bertz CT molecular complexity index is 497. The fourth-order valence-corrected chi connectivity index (χ4v) is 5.67. The summed E-state index contributed by atoms with van der Waals surface area (Å²) in [5, 5.41) is 38.7. The van der Waals surface area contributed by atoms with E-state index >= 15 is 0 Å². The van der Waals surface area contributed by atoms with Crippen LogP contribution in [0.1, 0.15) is 79.1 Å². The molecule has 4 N–H and O–H groups in total. The molecule has 0 aliphatic heterocycles. The first-order valence-corrected chi connectivity index (χ1v) is 15.4. The molecule has 0 amide bonds. The minimum Gasteiger partial charge on any atom is -0.392 e. The molecule has 0 spiro atoms. The molecule has 0 rings (SSSR count). The van der Waals surface area contributed by atoms with E-state index in [1.165, 1.54) is 23.5 Å². The molecule has 0 saturated carbocycles. The zero-order valence-corrected chi connectivity index (χ0v) is 24.6. The first kappa shape index (κ1) is 35.8. The molecular formula is C26H52N2O6S2. The van der Waals surface area contributed by atoms with Crippen LogP contribution in [0, 0.1) is 0 Å². The second-order valence-corrected chi connectivity index (χ2v) is 12.3. The number of aliphatic hydroxyl groups is 4.